The van der Waals surface area contributed by atoms with Crippen molar-refractivity contribution in [1.82, 2.24) is 4.90 Å². The maximum absolute atomic E-state index is 11.6. The summed E-state index contributed by atoms with van der Waals surface area (Å²) in [6.45, 7) is 1.60. The zero-order valence-electron chi connectivity index (χ0n) is 13.9. The van der Waals surface area contributed by atoms with Crippen molar-refractivity contribution in [1.29, 1.82) is 0 Å². The van der Waals surface area contributed by atoms with Gasteiger partial charge in [0.05, 0.1) is 12.6 Å². The molecule has 1 aliphatic rings. The first-order valence-electron chi connectivity index (χ1n) is 8.60. The van der Waals surface area contributed by atoms with E-state index in [1.165, 1.54) is 0 Å². The van der Waals surface area contributed by atoms with E-state index in [9.17, 15) is 10.2 Å². The van der Waals surface area contributed by atoms with Gasteiger partial charge in [-0.05, 0) is 30.5 Å². The lowest BCUT2D eigenvalue weighted by molar-refractivity contribution is 0.0306. The highest BCUT2D eigenvalue weighted by molar-refractivity contribution is 5.38. The molecule has 2 aromatic carbocycles. The molecule has 0 aromatic heterocycles. The van der Waals surface area contributed by atoms with Crippen LogP contribution in [0.2, 0.25) is 0 Å². The normalized spacial score (nSPS) is 20.2. The minimum atomic E-state index is -1.26. The van der Waals surface area contributed by atoms with Crippen molar-refractivity contribution >= 4 is 0 Å². The first kappa shape index (κ1) is 17.1. The topological polar surface area (TPSA) is 69.7 Å². The monoisotopic (exact) mass is 326 g/mol. The molecule has 1 aliphatic heterocycles. The molecule has 128 valence electrons. The molecule has 3 rings (SSSR count). The largest absolute Gasteiger partial charge is 0.395 e. The van der Waals surface area contributed by atoms with Crippen molar-refractivity contribution < 1.29 is 10.2 Å². The van der Waals surface area contributed by atoms with E-state index >= 15 is 0 Å². The maximum atomic E-state index is 11.6. The third-order valence-corrected chi connectivity index (χ3v) is 5.11. The van der Waals surface area contributed by atoms with Gasteiger partial charge < -0.3 is 15.9 Å². The molecule has 0 bridgehead atoms. The summed E-state index contributed by atoms with van der Waals surface area (Å²) in [5.74, 6) is 0. The van der Waals surface area contributed by atoms with Crippen LogP contribution < -0.4 is 5.73 Å². The van der Waals surface area contributed by atoms with Gasteiger partial charge in [0.15, 0.2) is 0 Å². The second-order valence-corrected chi connectivity index (χ2v) is 6.58. The Morgan fingerprint density at radius 2 is 1.58 bits per heavy atom. The molecular weight excluding hydrogens is 300 g/mol. The van der Waals surface area contributed by atoms with E-state index < -0.39 is 11.6 Å². The number of hydrogen-bond acceptors (Lipinski definition) is 4. The third kappa shape index (κ3) is 3.23. The average Bonchev–Trinajstić information content (AvgIpc) is 3.09. The smallest absolute Gasteiger partial charge is 0.131 e. The lowest BCUT2D eigenvalue weighted by Crippen LogP contribution is -2.53. The standard InChI is InChI=1S/C20H26N2O2/c21-19(14-22-13-7-12-18(22)15-23)20(24,16-8-3-1-4-9-16)17-10-5-2-6-11-17/h1-6,8-11,18-19,23-24H,7,12-15,21H2/t18-,19-/m0/s1. The van der Waals surface area contributed by atoms with Gasteiger partial charge in [0.1, 0.15) is 5.60 Å². The summed E-state index contributed by atoms with van der Waals surface area (Å²) >= 11 is 0. The summed E-state index contributed by atoms with van der Waals surface area (Å²) in [5, 5.41) is 21.2. The summed E-state index contributed by atoms with van der Waals surface area (Å²) < 4.78 is 0. The van der Waals surface area contributed by atoms with Gasteiger partial charge >= 0.3 is 0 Å². The Morgan fingerprint density at radius 1 is 1.04 bits per heavy atom. The fraction of sp³-hybridized carbons (Fsp3) is 0.400. The SMILES string of the molecule is N[C@@H](CN1CCC[C@H]1CO)C(O)(c1ccccc1)c1ccccc1. The highest BCUT2D eigenvalue weighted by Gasteiger charge is 2.40. The quantitative estimate of drug-likeness (QED) is 0.756. The lowest BCUT2D eigenvalue weighted by atomic mass is 9.80. The van der Waals surface area contributed by atoms with E-state index in [-0.39, 0.29) is 12.6 Å². The molecule has 4 heteroatoms. The van der Waals surface area contributed by atoms with Gasteiger partial charge in [-0.15, -0.1) is 0 Å². The molecule has 0 amide bonds. The Bertz CT molecular complexity index is 593. The number of rotatable bonds is 6. The number of nitrogens with two attached hydrogens (primary N) is 1. The van der Waals surface area contributed by atoms with Crippen molar-refractivity contribution in [3.8, 4) is 0 Å². The third-order valence-electron chi connectivity index (χ3n) is 5.11. The van der Waals surface area contributed by atoms with Crippen LogP contribution in [0.15, 0.2) is 60.7 Å². The molecule has 0 saturated carbocycles. The molecule has 0 radical (unpaired) electrons. The van der Waals surface area contributed by atoms with Crippen molar-refractivity contribution in [3.63, 3.8) is 0 Å². The summed E-state index contributed by atoms with van der Waals surface area (Å²) in [4.78, 5) is 2.20. The van der Waals surface area contributed by atoms with Crippen LogP contribution in [0.5, 0.6) is 0 Å². The molecule has 1 heterocycles. The van der Waals surface area contributed by atoms with Gasteiger partial charge in [-0.3, -0.25) is 4.90 Å². The second kappa shape index (κ2) is 7.45. The van der Waals surface area contributed by atoms with Gasteiger partial charge in [-0.2, -0.15) is 0 Å². The molecule has 24 heavy (non-hydrogen) atoms. The van der Waals surface area contributed by atoms with Crippen LogP contribution in [0.4, 0.5) is 0 Å². The first-order valence-corrected chi connectivity index (χ1v) is 8.60. The predicted molar refractivity (Wildman–Crippen MR) is 95.5 cm³/mol. The molecule has 0 aliphatic carbocycles. The van der Waals surface area contributed by atoms with Crippen molar-refractivity contribution in [2.75, 3.05) is 19.7 Å². The van der Waals surface area contributed by atoms with Crippen LogP contribution in [0.1, 0.15) is 24.0 Å². The Balaban J connectivity index is 1.93. The zero-order chi connectivity index (χ0) is 17.0. The van der Waals surface area contributed by atoms with E-state index in [0.29, 0.717) is 6.54 Å². The lowest BCUT2D eigenvalue weighted by Gasteiger charge is -2.38. The number of hydrogen-bond donors (Lipinski definition) is 3. The number of aliphatic hydroxyl groups is 2. The number of aliphatic hydroxyl groups excluding tert-OH is 1. The van der Waals surface area contributed by atoms with Crippen molar-refractivity contribution in [2.45, 2.75) is 30.5 Å². The Labute approximate surface area is 143 Å². The maximum Gasteiger partial charge on any atom is 0.131 e. The molecule has 2 aromatic rings. The molecule has 4 N–H and O–H groups in total. The Kier molecular flexibility index (Phi) is 5.31. The molecule has 2 atom stereocenters. The van der Waals surface area contributed by atoms with Crippen LogP contribution in [0.25, 0.3) is 0 Å². The molecule has 0 unspecified atom stereocenters. The fourth-order valence-electron chi connectivity index (χ4n) is 3.71. The summed E-state index contributed by atoms with van der Waals surface area (Å²) in [7, 11) is 0. The van der Waals surface area contributed by atoms with Gasteiger partial charge in [0, 0.05) is 12.6 Å². The fourth-order valence-corrected chi connectivity index (χ4v) is 3.71. The molecule has 1 saturated heterocycles. The van der Waals surface area contributed by atoms with Crippen molar-refractivity contribution in [2.24, 2.45) is 5.73 Å². The van der Waals surface area contributed by atoms with E-state index in [1.54, 1.807) is 0 Å². The van der Waals surface area contributed by atoms with Gasteiger partial charge in [0.25, 0.3) is 0 Å². The molecular formula is C20H26N2O2. The van der Waals surface area contributed by atoms with Crippen LogP contribution >= 0.6 is 0 Å². The highest BCUT2D eigenvalue weighted by atomic mass is 16.3. The number of nitrogens with zero attached hydrogens (tertiary/aromatic N) is 1. The second-order valence-electron chi connectivity index (χ2n) is 6.58. The molecule has 0 spiro atoms. The van der Waals surface area contributed by atoms with Crippen LogP contribution in [0, 0.1) is 0 Å². The minimum absolute atomic E-state index is 0.141. The highest BCUT2D eigenvalue weighted by Crippen LogP contribution is 2.33. The number of likely N-dealkylation sites (tertiary alicyclic amines) is 1. The first-order chi connectivity index (χ1) is 11.7. The predicted octanol–water partition coefficient (Wildman–Crippen LogP) is 1.71. The minimum Gasteiger partial charge on any atom is -0.395 e. The average molecular weight is 326 g/mol. The Hall–Kier alpha value is -1.72. The molecule has 1 fully saturated rings. The summed E-state index contributed by atoms with van der Waals surface area (Å²) in [5.41, 5.74) is 6.87. The van der Waals surface area contributed by atoms with E-state index in [1.807, 2.05) is 60.7 Å². The van der Waals surface area contributed by atoms with Crippen LogP contribution in [-0.2, 0) is 5.60 Å². The Morgan fingerprint density at radius 3 is 2.08 bits per heavy atom. The zero-order valence-corrected chi connectivity index (χ0v) is 13.9. The van der Waals surface area contributed by atoms with Gasteiger partial charge in [-0.1, -0.05) is 60.7 Å². The van der Waals surface area contributed by atoms with E-state index in [2.05, 4.69) is 4.90 Å². The van der Waals surface area contributed by atoms with Gasteiger partial charge in [-0.25, -0.2) is 0 Å². The van der Waals surface area contributed by atoms with Gasteiger partial charge in [0.2, 0.25) is 0 Å². The summed E-state index contributed by atoms with van der Waals surface area (Å²) in [6, 6.07) is 18.9. The van der Waals surface area contributed by atoms with Crippen LogP contribution in [0.3, 0.4) is 0 Å². The van der Waals surface area contributed by atoms with Crippen molar-refractivity contribution in [3.05, 3.63) is 71.8 Å². The van der Waals surface area contributed by atoms with Crippen LogP contribution in [-0.4, -0.2) is 46.9 Å². The molecule has 4 nitrogen and oxygen atoms in total. The summed E-state index contributed by atoms with van der Waals surface area (Å²) in [6.07, 6.45) is 2.05. The van der Waals surface area contributed by atoms with E-state index in [4.69, 9.17) is 5.73 Å². The number of benzene rings is 2. The van der Waals surface area contributed by atoms with E-state index in [0.717, 1.165) is 30.5 Å².